The van der Waals surface area contributed by atoms with Crippen LogP contribution in [0.3, 0.4) is 0 Å². The molecule has 0 saturated heterocycles. The third-order valence-electron chi connectivity index (χ3n) is 4.05. The summed E-state index contributed by atoms with van der Waals surface area (Å²) in [6.45, 7) is 8.78. The first-order chi connectivity index (χ1) is 14.1. The SMILES string of the molecule is CCNC(=NCC(O)c1ccc(OC(C)C)cc1)NCCOCc1ccccc1.I. The Kier molecular flexibility index (Phi) is 13.1. The molecule has 0 amide bonds. The van der Waals surface area contributed by atoms with Crippen LogP contribution in [0.15, 0.2) is 59.6 Å². The first-order valence-electron chi connectivity index (χ1n) is 10.2. The van der Waals surface area contributed by atoms with Crippen LogP contribution in [-0.2, 0) is 11.3 Å². The number of aliphatic imine (C=N–C) groups is 1. The first kappa shape index (κ1) is 26.2. The van der Waals surface area contributed by atoms with Gasteiger partial charge in [-0.05, 0) is 44.0 Å². The number of halogens is 1. The lowest BCUT2D eigenvalue weighted by Crippen LogP contribution is -2.39. The van der Waals surface area contributed by atoms with Gasteiger partial charge in [-0.1, -0.05) is 42.5 Å². The van der Waals surface area contributed by atoms with Crippen LogP contribution in [0, 0.1) is 0 Å². The molecule has 0 aliphatic rings. The summed E-state index contributed by atoms with van der Waals surface area (Å²) in [6.07, 6.45) is -0.548. The molecule has 30 heavy (non-hydrogen) atoms. The van der Waals surface area contributed by atoms with E-state index < -0.39 is 6.10 Å². The van der Waals surface area contributed by atoms with Gasteiger partial charge < -0.3 is 25.2 Å². The largest absolute Gasteiger partial charge is 0.491 e. The number of benzene rings is 2. The van der Waals surface area contributed by atoms with E-state index in [-0.39, 0.29) is 36.6 Å². The minimum atomic E-state index is -0.673. The van der Waals surface area contributed by atoms with Crippen LogP contribution < -0.4 is 15.4 Å². The fourth-order valence-electron chi connectivity index (χ4n) is 2.67. The van der Waals surface area contributed by atoms with Crippen LogP contribution in [0.25, 0.3) is 0 Å². The van der Waals surface area contributed by atoms with E-state index in [1.165, 1.54) is 0 Å². The number of hydrogen-bond acceptors (Lipinski definition) is 4. The van der Waals surface area contributed by atoms with E-state index in [1.807, 2.05) is 75.4 Å². The molecule has 0 fully saturated rings. The second-order valence-electron chi connectivity index (χ2n) is 6.94. The highest BCUT2D eigenvalue weighted by atomic mass is 127. The van der Waals surface area contributed by atoms with Gasteiger partial charge in [0.2, 0.25) is 0 Å². The smallest absolute Gasteiger partial charge is 0.191 e. The van der Waals surface area contributed by atoms with E-state index in [4.69, 9.17) is 9.47 Å². The highest BCUT2D eigenvalue weighted by Gasteiger charge is 2.08. The zero-order valence-electron chi connectivity index (χ0n) is 18.0. The van der Waals surface area contributed by atoms with Crippen molar-refractivity contribution in [2.24, 2.45) is 4.99 Å². The van der Waals surface area contributed by atoms with Crippen LogP contribution in [-0.4, -0.2) is 43.4 Å². The topological polar surface area (TPSA) is 75.1 Å². The molecule has 0 heterocycles. The van der Waals surface area contributed by atoms with Crippen molar-refractivity contribution < 1.29 is 14.6 Å². The number of aliphatic hydroxyl groups excluding tert-OH is 1. The Morgan fingerprint density at radius 1 is 1.03 bits per heavy atom. The summed E-state index contributed by atoms with van der Waals surface area (Å²) < 4.78 is 11.3. The molecule has 7 heteroatoms. The zero-order valence-corrected chi connectivity index (χ0v) is 20.3. The molecule has 1 unspecified atom stereocenters. The van der Waals surface area contributed by atoms with Crippen molar-refractivity contribution in [3.8, 4) is 5.75 Å². The Morgan fingerprint density at radius 2 is 1.73 bits per heavy atom. The Labute approximate surface area is 197 Å². The van der Waals surface area contributed by atoms with E-state index in [0.29, 0.717) is 25.7 Å². The van der Waals surface area contributed by atoms with Gasteiger partial charge in [0, 0.05) is 13.1 Å². The number of ether oxygens (including phenoxy) is 2. The molecule has 1 atom stereocenters. The lowest BCUT2D eigenvalue weighted by atomic mass is 10.1. The molecule has 0 radical (unpaired) electrons. The third-order valence-corrected chi connectivity index (χ3v) is 4.05. The van der Waals surface area contributed by atoms with Crippen molar-refractivity contribution in [1.82, 2.24) is 10.6 Å². The van der Waals surface area contributed by atoms with Gasteiger partial charge in [0.1, 0.15) is 5.75 Å². The van der Waals surface area contributed by atoms with Crippen LogP contribution in [0.5, 0.6) is 5.75 Å². The summed E-state index contributed by atoms with van der Waals surface area (Å²) in [6, 6.07) is 17.6. The first-order valence-corrected chi connectivity index (χ1v) is 10.2. The quantitative estimate of drug-likeness (QED) is 0.179. The van der Waals surface area contributed by atoms with Crippen molar-refractivity contribution in [3.63, 3.8) is 0 Å². The molecular weight excluding hydrogens is 493 g/mol. The molecule has 2 aromatic carbocycles. The van der Waals surface area contributed by atoms with Gasteiger partial charge in [0.15, 0.2) is 5.96 Å². The lowest BCUT2D eigenvalue weighted by Gasteiger charge is -2.14. The number of guanidine groups is 1. The number of aliphatic hydroxyl groups is 1. The minimum absolute atomic E-state index is 0. The molecule has 2 aromatic rings. The average Bonchev–Trinajstić information content (AvgIpc) is 2.72. The van der Waals surface area contributed by atoms with Gasteiger partial charge in [-0.3, -0.25) is 4.99 Å². The number of nitrogens with zero attached hydrogens (tertiary/aromatic N) is 1. The summed E-state index contributed by atoms with van der Waals surface area (Å²) in [7, 11) is 0. The maximum Gasteiger partial charge on any atom is 0.191 e. The Hall–Kier alpha value is -1.84. The second kappa shape index (κ2) is 15.0. The lowest BCUT2D eigenvalue weighted by molar-refractivity contribution is 0.125. The molecule has 0 aromatic heterocycles. The van der Waals surface area contributed by atoms with E-state index in [1.54, 1.807) is 0 Å². The second-order valence-corrected chi connectivity index (χ2v) is 6.94. The van der Waals surface area contributed by atoms with Crippen LogP contribution >= 0.6 is 24.0 Å². The van der Waals surface area contributed by atoms with Gasteiger partial charge in [-0.15, -0.1) is 24.0 Å². The van der Waals surface area contributed by atoms with Gasteiger partial charge in [-0.2, -0.15) is 0 Å². The Balaban J connectivity index is 0.00000450. The number of hydrogen-bond donors (Lipinski definition) is 3. The molecule has 0 saturated carbocycles. The number of rotatable bonds is 11. The monoisotopic (exact) mass is 527 g/mol. The fraction of sp³-hybridized carbons (Fsp3) is 0.435. The molecule has 2 rings (SSSR count). The molecule has 0 aliphatic heterocycles. The fourth-order valence-corrected chi connectivity index (χ4v) is 2.67. The standard InChI is InChI=1S/C23H33N3O3.HI/c1-4-24-23(25-14-15-28-17-19-8-6-5-7-9-19)26-16-22(27)20-10-12-21(13-11-20)29-18(2)3;/h5-13,18,22,27H,4,14-17H2,1-3H3,(H2,24,25,26);1H. The van der Waals surface area contributed by atoms with Gasteiger partial charge in [-0.25, -0.2) is 0 Å². The van der Waals surface area contributed by atoms with Crippen LogP contribution in [0.4, 0.5) is 0 Å². The van der Waals surface area contributed by atoms with Gasteiger partial charge >= 0.3 is 0 Å². The Bertz CT molecular complexity index is 724. The molecule has 3 N–H and O–H groups in total. The zero-order chi connectivity index (χ0) is 20.9. The maximum atomic E-state index is 10.4. The van der Waals surface area contributed by atoms with Crippen molar-refractivity contribution in [2.45, 2.75) is 39.6 Å². The van der Waals surface area contributed by atoms with Gasteiger partial charge in [0.05, 0.1) is 32.0 Å². The van der Waals surface area contributed by atoms with E-state index >= 15 is 0 Å². The molecule has 0 aliphatic carbocycles. The minimum Gasteiger partial charge on any atom is -0.491 e. The van der Waals surface area contributed by atoms with E-state index in [0.717, 1.165) is 23.4 Å². The van der Waals surface area contributed by atoms with Crippen molar-refractivity contribution in [3.05, 3.63) is 65.7 Å². The summed E-state index contributed by atoms with van der Waals surface area (Å²) in [5.74, 6) is 1.46. The van der Waals surface area contributed by atoms with Crippen molar-refractivity contribution in [1.29, 1.82) is 0 Å². The molecule has 0 spiro atoms. The highest BCUT2D eigenvalue weighted by Crippen LogP contribution is 2.19. The van der Waals surface area contributed by atoms with Crippen molar-refractivity contribution in [2.75, 3.05) is 26.2 Å². The molecule has 166 valence electrons. The Morgan fingerprint density at radius 3 is 2.37 bits per heavy atom. The molecular formula is C23H34IN3O3. The third kappa shape index (κ3) is 10.3. The maximum absolute atomic E-state index is 10.4. The van der Waals surface area contributed by atoms with E-state index in [2.05, 4.69) is 15.6 Å². The van der Waals surface area contributed by atoms with E-state index in [9.17, 15) is 5.11 Å². The summed E-state index contributed by atoms with van der Waals surface area (Å²) in [5, 5.41) is 16.8. The normalized spacial score (nSPS) is 12.2. The summed E-state index contributed by atoms with van der Waals surface area (Å²) in [5.41, 5.74) is 1.97. The predicted molar refractivity (Wildman–Crippen MR) is 133 cm³/mol. The van der Waals surface area contributed by atoms with Crippen LogP contribution in [0.2, 0.25) is 0 Å². The highest BCUT2D eigenvalue weighted by molar-refractivity contribution is 14.0. The predicted octanol–water partition coefficient (Wildman–Crippen LogP) is 3.90. The van der Waals surface area contributed by atoms with Crippen molar-refractivity contribution >= 4 is 29.9 Å². The summed E-state index contributed by atoms with van der Waals surface area (Å²) in [4.78, 5) is 4.47. The average molecular weight is 527 g/mol. The number of nitrogens with one attached hydrogen (secondary N) is 2. The molecule has 6 nitrogen and oxygen atoms in total. The van der Waals surface area contributed by atoms with Crippen LogP contribution in [0.1, 0.15) is 38.0 Å². The summed E-state index contributed by atoms with van der Waals surface area (Å²) >= 11 is 0. The van der Waals surface area contributed by atoms with Gasteiger partial charge in [0.25, 0.3) is 0 Å². The molecule has 0 bridgehead atoms.